The van der Waals surface area contributed by atoms with E-state index in [2.05, 4.69) is 15.5 Å². The van der Waals surface area contributed by atoms with Gasteiger partial charge in [-0.2, -0.15) is 0 Å². The Labute approximate surface area is 136 Å². The third-order valence-electron chi connectivity index (χ3n) is 2.84. The Morgan fingerprint density at radius 2 is 2.00 bits per heavy atom. The minimum atomic E-state index is -0.198. The molecule has 3 aromatic rings. The van der Waals surface area contributed by atoms with Gasteiger partial charge in [0.25, 0.3) is 0 Å². The minimum absolute atomic E-state index is 0.198. The zero-order chi connectivity index (χ0) is 15.2. The maximum atomic E-state index is 11.8. The van der Waals surface area contributed by atoms with Crippen molar-refractivity contribution in [2.45, 2.75) is 6.42 Å². The Bertz CT molecular complexity index is 764. The van der Waals surface area contributed by atoms with Gasteiger partial charge in [-0.1, -0.05) is 47.7 Å². The van der Waals surface area contributed by atoms with Crippen LogP contribution in [0.4, 0.5) is 5.13 Å². The summed E-state index contributed by atoms with van der Waals surface area (Å²) < 4.78 is 0. The molecule has 6 heteroatoms. The summed E-state index contributed by atoms with van der Waals surface area (Å²) >= 11 is 2.98. The summed E-state index contributed by atoms with van der Waals surface area (Å²) in [5, 5.41) is 14.2. The first kappa shape index (κ1) is 14.6. The second kappa shape index (κ2) is 7.11. The molecule has 2 heterocycles. The van der Waals surface area contributed by atoms with E-state index in [4.69, 9.17) is 0 Å². The zero-order valence-electron chi connectivity index (χ0n) is 11.6. The van der Waals surface area contributed by atoms with Crippen molar-refractivity contribution in [3.8, 4) is 0 Å². The monoisotopic (exact) mass is 327 g/mol. The first-order valence-electron chi connectivity index (χ1n) is 6.68. The van der Waals surface area contributed by atoms with Crippen LogP contribution >= 0.6 is 22.7 Å². The van der Waals surface area contributed by atoms with Gasteiger partial charge in [-0.25, -0.2) is 0 Å². The first-order valence-corrected chi connectivity index (χ1v) is 8.38. The molecule has 1 N–H and O–H groups in total. The lowest BCUT2D eigenvalue weighted by Gasteiger charge is -1.95. The van der Waals surface area contributed by atoms with Gasteiger partial charge in [-0.15, -0.1) is 21.5 Å². The fourth-order valence-corrected chi connectivity index (χ4v) is 3.23. The van der Waals surface area contributed by atoms with Crippen molar-refractivity contribution in [2.75, 3.05) is 5.32 Å². The number of rotatable bonds is 5. The lowest BCUT2D eigenvalue weighted by Crippen LogP contribution is -2.07. The molecule has 22 heavy (non-hydrogen) atoms. The number of aromatic nitrogens is 2. The van der Waals surface area contributed by atoms with Crippen LogP contribution < -0.4 is 5.32 Å². The Hall–Kier alpha value is -2.31. The number of nitrogens with zero attached hydrogens (tertiary/aromatic N) is 2. The summed E-state index contributed by atoms with van der Waals surface area (Å²) in [5.41, 5.74) is 1.18. The average molecular weight is 327 g/mol. The van der Waals surface area contributed by atoms with Crippen LogP contribution in [0.1, 0.15) is 15.4 Å². The largest absolute Gasteiger partial charge is 0.297 e. The highest BCUT2D eigenvalue weighted by atomic mass is 32.1. The molecule has 0 radical (unpaired) electrons. The highest BCUT2D eigenvalue weighted by Gasteiger charge is 2.07. The van der Waals surface area contributed by atoms with Gasteiger partial charge in [0, 0.05) is 17.4 Å². The van der Waals surface area contributed by atoms with E-state index in [1.54, 1.807) is 17.4 Å². The van der Waals surface area contributed by atoms with Crippen LogP contribution in [-0.4, -0.2) is 16.1 Å². The van der Waals surface area contributed by atoms with Crippen LogP contribution in [0, 0.1) is 0 Å². The van der Waals surface area contributed by atoms with E-state index < -0.39 is 0 Å². The molecule has 1 aromatic carbocycles. The summed E-state index contributed by atoms with van der Waals surface area (Å²) in [6.45, 7) is 0. The second-order valence-electron chi connectivity index (χ2n) is 4.50. The maximum Gasteiger partial charge on any atom is 0.250 e. The molecule has 0 spiro atoms. The van der Waals surface area contributed by atoms with Crippen LogP contribution in [0.15, 0.2) is 53.9 Å². The smallest absolute Gasteiger partial charge is 0.250 e. The molecule has 0 aliphatic carbocycles. The molecular formula is C16H13N3OS2. The molecule has 110 valence electrons. The number of nitrogens with one attached hydrogen (secondary N) is 1. The normalized spacial score (nSPS) is 10.9. The standard InChI is InChI=1S/C16H13N3OS2/c20-14(9-8-13-7-4-10-21-13)17-16-19-18-15(22-16)11-12-5-2-1-3-6-12/h1-10H,11H2,(H,17,19,20)/b9-8+. The third kappa shape index (κ3) is 4.09. The molecule has 0 aliphatic heterocycles. The van der Waals surface area contributed by atoms with Crippen molar-refractivity contribution in [1.29, 1.82) is 0 Å². The summed E-state index contributed by atoms with van der Waals surface area (Å²) in [6, 6.07) is 14.0. The van der Waals surface area contributed by atoms with Crippen LogP contribution in [0.2, 0.25) is 0 Å². The van der Waals surface area contributed by atoms with Crippen LogP contribution in [0.3, 0.4) is 0 Å². The number of amides is 1. The van der Waals surface area contributed by atoms with Gasteiger partial charge in [-0.05, 0) is 23.1 Å². The molecule has 1 amide bonds. The molecule has 0 unspecified atom stereocenters. The van der Waals surface area contributed by atoms with Crippen molar-refractivity contribution in [3.05, 3.63) is 69.4 Å². The fraction of sp³-hybridized carbons (Fsp3) is 0.0625. The Morgan fingerprint density at radius 1 is 1.14 bits per heavy atom. The van der Waals surface area contributed by atoms with Crippen molar-refractivity contribution in [3.63, 3.8) is 0 Å². The number of anilines is 1. The molecule has 0 saturated carbocycles. The quantitative estimate of drug-likeness (QED) is 0.724. The van der Waals surface area contributed by atoms with Crippen molar-refractivity contribution in [1.82, 2.24) is 10.2 Å². The molecule has 0 fully saturated rings. The van der Waals surface area contributed by atoms with Crippen LogP contribution in [-0.2, 0) is 11.2 Å². The molecule has 2 aromatic heterocycles. The number of carbonyl (C=O) groups excluding carboxylic acids is 1. The average Bonchev–Trinajstić information content (AvgIpc) is 3.18. The lowest BCUT2D eigenvalue weighted by molar-refractivity contribution is -0.111. The molecule has 0 bridgehead atoms. The van der Waals surface area contributed by atoms with Gasteiger partial charge < -0.3 is 0 Å². The summed E-state index contributed by atoms with van der Waals surface area (Å²) in [6.07, 6.45) is 4.01. The molecule has 0 aliphatic rings. The van der Waals surface area contributed by atoms with Gasteiger partial charge in [0.2, 0.25) is 11.0 Å². The second-order valence-corrected chi connectivity index (χ2v) is 6.54. The lowest BCUT2D eigenvalue weighted by atomic mass is 10.2. The fourth-order valence-electron chi connectivity index (χ4n) is 1.84. The number of carbonyl (C=O) groups is 1. The van der Waals surface area contributed by atoms with E-state index in [9.17, 15) is 4.79 Å². The van der Waals surface area contributed by atoms with E-state index in [1.807, 2.05) is 47.8 Å². The first-order chi connectivity index (χ1) is 10.8. The van der Waals surface area contributed by atoms with Crippen molar-refractivity contribution < 1.29 is 4.79 Å². The molecule has 0 saturated heterocycles. The predicted molar refractivity (Wildman–Crippen MR) is 91.1 cm³/mol. The third-order valence-corrected chi connectivity index (χ3v) is 4.51. The van der Waals surface area contributed by atoms with Gasteiger partial charge in [0.15, 0.2) is 0 Å². The van der Waals surface area contributed by atoms with E-state index in [0.717, 1.165) is 16.3 Å². The number of hydrogen-bond acceptors (Lipinski definition) is 5. The Morgan fingerprint density at radius 3 is 2.77 bits per heavy atom. The summed E-state index contributed by atoms with van der Waals surface area (Å²) in [4.78, 5) is 12.9. The number of thiophene rings is 1. The Balaban J connectivity index is 1.58. The molecular weight excluding hydrogens is 314 g/mol. The van der Waals surface area contributed by atoms with Gasteiger partial charge in [0.1, 0.15) is 5.01 Å². The van der Waals surface area contributed by atoms with Crippen LogP contribution in [0.25, 0.3) is 6.08 Å². The maximum absolute atomic E-state index is 11.8. The topological polar surface area (TPSA) is 54.9 Å². The molecule has 4 nitrogen and oxygen atoms in total. The van der Waals surface area contributed by atoms with Crippen LogP contribution in [0.5, 0.6) is 0 Å². The van der Waals surface area contributed by atoms with Gasteiger partial charge >= 0.3 is 0 Å². The number of benzene rings is 1. The van der Waals surface area contributed by atoms with E-state index in [0.29, 0.717) is 5.13 Å². The molecule has 0 atom stereocenters. The van der Waals surface area contributed by atoms with Crippen molar-refractivity contribution >= 4 is 39.8 Å². The summed E-state index contributed by atoms with van der Waals surface area (Å²) in [5.74, 6) is -0.198. The van der Waals surface area contributed by atoms with Gasteiger partial charge in [0.05, 0.1) is 0 Å². The van der Waals surface area contributed by atoms with Crippen molar-refractivity contribution in [2.24, 2.45) is 0 Å². The Kier molecular flexibility index (Phi) is 4.72. The SMILES string of the molecule is O=C(/C=C/c1cccs1)Nc1nnc(Cc2ccccc2)s1. The molecule has 3 rings (SSSR count). The van der Waals surface area contributed by atoms with E-state index in [-0.39, 0.29) is 5.91 Å². The van der Waals surface area contributed by atoms with E-state index in [1.165, 1.54) is 23.0 Å². The highest BCUT2D eigenvalue weighted by molar-refractivity contribution is 7.15. The van der Waals surface area contributed by atoms with Gasteiger partial charge in [-0.3, -0.25) is 10.1 Å². The van der Waals surface area contributed by atoms with E-state index >= 15 is 0 Å². The summed E-state index contributed by atoms with van der Waals surface area (Å²) in [7, 11) is 0. The highest BCUT2D eigenvalue weighted by Crippen LogP contribution is 2.18. The number of hydrogen-bond donors (Lipinski definition) is 1. The minimum Gasteiger partial charge on any atom is -0.297 e. The predicted octanol–water partition coefficient (Wildman–Crippen LogP) is 3.84. The zero-order valence-corrected chi connectivity index (χ0v) is 13.2.